The first-order valence-corrected chi connectivity index (χ1v) is 8.29. The average Bonchev–Trinajstić information content (AvgIpc) is 2.68. The van der Waals surface area contributed by atoms with Gasteiger partial charge < -0.3 is 25.3 Å². The summed E-state index contributed by atoms with van der Waals surface area (Å²) in [6.07, 6.45) is -4.53. The summed E-state index contributed by atoms with van der Waals surface area (Å²) in [6.45, 7) is 0. The Balaban J connectivity index is 0.000000336. The first-order chi connectivity index (χ1) is 13.2. The van der Waals surface area contributed by atoms with Crippen molar-refractivity contribution in [1.29, 1.82) is 0 Å². The van der Waals surface area contributed by atoms with Crippen molar-refractivity contribution in [2.24, 2.45) is 0 Å². The number of benzene rings is 2. The van der Waals surface area contributed by atoms with Gasteiger partial charge in [0.25, 0.3) is 0 Å². The van der Waals surface area contributed by atoms with E-state index in [1.54, 1.807) is 19.0 Å². The minimum atomic E-state index is -2.27. The maximum atomic E-state index is 12.4. The van der Waals surface area contributed by atoms with Gasteiger partial charge in [-0.3, -0.25) is 4.79 Å². The molecule has 1 amide bonds. The number of carboxylic acid groups (broad SMARTS) is 2. The van der Waals surface area contributed by atoms with Crippen LogP contribution in [0.25, 0.3) is 0 Å². The largest absolute Gasteiger partial charge is 0.479 e. The summed E-state index contributed by atoms with van der Waals surface area (Å²) in [7, 11) is 3.59. The number of amides is 1. The van der Waals surface area contributed by atoms with Crippen LogP contribution in [-0.4, -0.2) is 69.5 Å². The smallest absolute Gasteiger partial charge is 0.335 e. The molecule has 0 saturated carbocycles. The second kappa shape index (κ2) is 10.8. The number of likely N-dealkylation sites (N-methyl/N-ethyl adjacent to an activating group) is 1. The number of nitrogens with zero attached hydrogens (tertiary/aromatic N) is 1. The highest BCUT2D eigenvalue weighted by Gasteiger charge is 2.29. The predicted octanol–water partition coefficient (Wildman–Crippen LogP) is 0.784. The van der Waals surface area contributed by atoms with Crippen molar-refractivity contribution < 1.29 is 34.8 Å². The highest BCUT2D eigenvalue weighted by Crippen LogP contribution is 2.25. The number of hydrogen-bond donors (Lipinski definition) is 4. The van der Waals surface area contributed by atoms with Crippen molar-refractivity contribution in [2.75, 3.05) is 14.1 Å². The molecule has 0 aromatic heterocycles. The van der Waals surface area contributed by atoms with Gasteiger partial charge in [0.1, 0.15) is 0 Å². The van der Waals surface area contributed by atoms with E-state index in [0.717, 1.165) is 11.1 Å². The molecule has 0 aliphatic heterocycles. The van der Waals surface area contributed by atoms with Gasteiger partial charge in [-0.25, -0.2) is 9.59 Å². The molecule has 0 spiro atoms. The number of carbonyl (C=O) groups excluding carboxylic acids is 1. The normalized spacial score (nSPS) is 12.3. The van der Waals surface area contributed by atoms with Gasteiger partial charge in [0.05, 0.1) is 5.92 Å². The lowest BCUT2D eigenvalue weighted by Crippen LogP contribution is -2.39. The topological polar surface area (TPSA) is 135 Å². The summed E-state index contributed by atoms with van der Waals surface area (Å²) < 4.78 is 0. The zero-order chi connectivity index (χ0) is 21.3. The van der Waals surface area contributed by atoms with Gasteiger partial charge in [-0.1, -0.05) is 60.7 Å². The van der Waals surface area contributed by atoms with E-state index < -0.39 is 24.1 Å². The summed E-state index contributed by atoms with van der Waals surface area (Å²) in [5, 5.41) is 32.5. The van der Waals surface area contributed by atoms with Crippen LogP contribution in [0.15, 0.2) is 60.7 Å². The molecule has 0 aliphatic rings. The van der Waals surface area contributed by atoms with Crippen LogP contribution < -0.4 is 0 Å². The summed E-state index contributed by atoms with van der Waals surface area (Å²) in [6, 6.07) is 19.8. The van der Waals surface area contributed by atoms with Crippen molar-refractivity contribution in [3.63, 3.8) is 0 Å². The third kappa shape index (κ3) is 6.49. The third-order valence-corrected chi connectivity index (χ3v) is 3.76. The van der Waals surface area contributed by atoms with Crippen LogP contribution in [0.1, 0.15) is 17.0 Å². The number of aliphatic hydroxyl groups is 2. The Morgan fingerprint density at radius 1 is 0.714 bits per heavy atom. The molecule has 2 aromatic carbocycles. The zero-order valence-corrected chi connectivity index (χ0v) is 15.5. The SMILES string of the molecule is CN(C)C(=O)C(c1ccccc1)c1ccccc1.O=C(O)C(O)C(O)C(=O)O. The van der Waals surface area contributed by atoms with E-state index in [1.807, 2.05) is 60.7 Å². The molecule has 150 valence electrons. The van der Waals surface area contributed by atoms with Gasteiger partial charge in [-0.2, -0.15) is 0 Å². The quantitative estimate of drug-likeness (QED) is 0.573. The Labute approximate surface area is 162 Å². The first kappa shape index (κ1) is 22.8. The van der Waals surface area contributed by atoms with E-state index in [0.29, 0.717) is 0 Å². The lowest BCUT2D eigenvalue weighted by molar-refractivity contribution is -0.165. The number of aliphatic carboxylic acids is 2. The summed E-state index contributed by atoms with van der Waals surface area (Å²) in [5.74, 6) is -3.65. The minimum Gasteiger partial charge on any atom is -0.479 e. The number of hydrogen-bond acceptors (Lipinski definition) is 5. The Morgan fingerprint density at radius 2 is 1.04 bits per heavy atom. The molecule has 8 nitrogen and oxygen atoms in total. The summed E-state index contributed by atoms with van der Waals surface area (Å²) in [4.78, 5) is 33.6. The highest BCUT2D eigenvalue weighted by molar-refractivity contribution is 5.86. The Hall–Kier alpha value is -3.23. The summed E-state index contributed by atoms with van der Waals surface area (Å²) >= 11 is 0. The molecule has 0 fully saturated rings. The van der Waals surface area contributed by atoms with E-state index in [1.165, 1.54) is 0 Å². The summed E-state index contributed by atoms with van der Waals surface area (Å²) in [5.41, 5.74) is 2.06. The molecule has 0 radical (unpaired) electrons. The van der Waals surface area contributed by atoms with E-state index >= 15 is 0 Å². The van der Waals surface area contributed by atoms with Crippen molar-refractivity contribution in [2.45, 2.75) is 18.1 Å². The molecule has 2 atom stereocenters. The van der Waals surface area contributed by atoms with Gasteiger partial charge in [-0.15, -0.1) is 0 Å². The molecule has 2 rings (SSSR count). The zero-order valence-electron chi connectivity index (χ0n) is 15.5. The molecule has 28 heavy (non-hydrogen) atoms. The first-order valence-electron chi connectivity index (χ1n) is 8.29. The number of rotatable bonds is 6. The molecule has 2 unspecified atom stereocenters. The van der Waals surface area contributed by atoms with Crippen LogP contribution >= 0.6 is 0 Å². The van der Waals surface area contributed by atoms with E-state index in [-0.39, 0.29) is 11.8 Å². The Morgan fingerprint density at radius 3 is 1.29 bits per heavy atom. The second-order valence-electron chi connectivity index (χ2n) is 6.05. The van der Waals surface area contributed by atoms with Crippen LogP contribution in [0, 0.1) is 0 Å². The van der Waals surface area contributed by atoms with Gasteiger partial charge in [-0.05, 0) is 11.1 Å². The van der Waals surface area contributed by atoms with Crippen LogP contribution in [0.2, 0.25) is 0 Å². The van der Waals surface area contributed by atoms with Crippen molar-refractivity contribution in [3.8, 4) is 0 Å². The maximum Gasteiger partial charge on any atom is 0.335 e. The molecule has 2 aromatic rings. The van der Waals surface area contributed by atoms with Crippen LogP contribution in [0.3, 0.4) is 0 Å². The van der Waals surface area contributed by atoms with Gasteiger partial charge in [0, 0.05) is 14.1 Å². The van der Waals surface area contributed by atoms with Gasteiger partial charge >= 0.3 is 11.9 Å². The number of carbonyl (C=O) groups is 3. The van der Waals surface area contributed by atoms with E-state index in [9.17, 15) is 14.4 Å². The predicted molar refractivity (Wildman–Crippen MR) is 101 cm³/mol. The van der Waals surface area contributed by atoms with Crippen molar-refractivity contribution in [3.05, 3.63) is 71.8 Å². The monoisotopic (exact) mass is 389 g/mol. The van der Waals surface area contributed by atoms with E-state index in [4.69, 9.17) is 20.4 Å². The fourth-order valence-electron chi connectivity index (χ4n) is 2.30. The average molecular weight is 389 g/mol. The molecule has 0 saturated heterocycles. The maximum absolute atomic E-state index is 12.4. The molecule has 8 heteroatoms. The lowest BCUT2D eigenvalue weighted by atomic mass is 9.90. The van der Waals surface area contributed by atoms with Gasteiger partial charge in [0.15, 0.2) is 12.2 Å². The van der Waals surface area contributed by atoms with Crippen molar-refractivity contribution in [1.82, 2.24) is 4.90 Å². The molecule has 0 aliphatic carbocycles. The Bertz CT molecular complexity index is 720. The Kier molecular flexibility index (Phi) is 8.80. The fourth-order valence-corrected chi connectivity index (χ4v) is 2.30. The lowest BCUT2D eigenvalue weighted by Gasteiger charge is -2.21. The number of aliphatic hydroxyl groups excluding tert-OH is 2. The molecular weight excluding hydrogens is 366 g/mol. The molecule has 0 bridgehead atoms. The third-order valence-electron chi connectivity index (χ3n) is 3.76. The van der Waals surface area contributed by atoms with Crippen LogP contribution in [0.5, 0.6) is 0 Å². The minimum absolute atomic E-state index is 0.104. The van der Waals surface area contributed by atoms with Crippen LogP contribution in [-0.2, 0) is 14.4 Å². The van der Waals surface area contributed by atoms with Crippen molar-refractivity contribution >= 4 is 17.8 Å². The van der Waals surface area contributed by atoms with Gasteiger partial charge in [0.2, 0.25) is 5.91 Å². The number of carboxylic acids is 2. The standard InChI is InChI=1S/C16H17NO.C4H6O6/c1-17(2)16(18)15(13-9-5-3-6-10-13)14-11-7-4-8-12-14;5-1(3(7)8)2(6)4(9)10/h3-12,15H,1-2H3;1-2,5-6H,(H,7,8)(H,9,10). The van der Waals surface area contributed by atoms with Crippen LogP contribution in [0.4, 0.5) is 0 Å². The second-order valence-corrected chi connectivity index (χ2v) is 6.05. The molecule has 4 N–H and O–H groups in total. The highest BCUT2D eigenvalue weighted by atomic mass is 16.4. The molecular formula is C20H23NO7. The fraction of sp³-hybridized carbons (Fsp3) is 0.250. The molecule has 0 heterocycles. The van der Waals surface area contributed by atoms with E-state index in [2.05, 4.69) is 0 Å².